The third kappa shape index (κ3) is 3.97. The van der Waals surface area contributed by atoms with E-state index in [1.165, 1.54) is 4.70 Å². The van der Waals surface area contributed by atoms with Crippen molar-refractivity contribution < 1.29 is 4.74 Å². The summed E-state index contributed by atoms with van der Waals surface area (Å²) >= 11 is 1.75. The Morgan fingerprint density at radius 1 is 1.27 bits per heavy atom. The number of pyridine rings is 1. The molecule has 0 spiro atoms. The van der Waals surface area contributed by atoms with Crippen molar-refractivity contribution in [2.24, 2.45) is 0 Å². The van der Waals surface area contributed by atoms with Gasteiger partial charge in [-0.1, -0.05) is 0 Å². The molecule has 0 amide bonds. The monoisotopic (exact) mass is 319 g/mol. The molecule has 2 aromatic rings. The zero-order chi connectivity index (χ0) is 15.4. The van der Waals surface area contributed by atoms with Crippen LogP contribution >= 0.6 is 11.3 Å². The Labute approximate surface area is 136 Å². The number of hydrogen-bond acceptors (Lipinski definition) is 5. The molecule has 0 aliphatic carbocycles. The molecule has 0 saturated carbocycles. The fourth-order valence-electron chi connectivity index (χ4n) is 2.90. The van der Waals surface area contributed by atoms with Gasteiger partial charge < -0.3 is 14.5 Å². The lowest BCUT2D eigenvalue weighted by Crippen LogP contribution is -2.37. The molecule has 3 rings (SSSR count). The van der Waals surface area contributed by atoms with Gasteiger partial charge in [0.25, 0.3) is 0 Å². The maximum Gasteiger partial charge on any atom is 0.129 e. The molecule has 1 fully saturated rings. The minimum atomic E-state index is 0.420. The van der Waals surface area contributed by atoms with Crippen LogP contribution in [0.4, 0.5) is 5.82 Å². The van der Waals surface area contributed by atoms with Crippen molar-refractivity contribution in [1.29, 1.82) is 0 Å². The lowest BCUT2D eigenvalue weighted by Gasteiger charge is -2.32. The number of piperidine rings is 1. The van der Waals surface area contributed by atoms with Crippen LogP contribution in [-0.2, 0) is 4.74 Å². The Bertz CT molecular complexity index is 590. The molecule has 22 heavy (non-hydrogen) atoms. The van der Waals surface area contributed by atoms with Gasteiger partial charge in [-0.25, -0.2) is 4.98 Å². The Balaban J connectivity index is 1.47. The summed E-state index contributed by atoms with van der Waals surface area (Å²) in [7, 11) is 4.21. The molecule has 3 heterocycles. The van der Waals surface area contributed by atoms with Crippen LogP contribution in [0.25, 0.3) is 10.2 Å². The molecule has 0 N–H and O–H groups in total. The Hall–Kier alpha value is -1.17. The second-order valence-corrected chi connectivity index (χ2v) is 7.14. The van der Waals surface area contributed by atoms with E-state index in [-0.39, 0.29) is 0 Å². The smallest absolute Gasteiger partial charge is 0.129 e. The van der Waals surface area contributed by atoms with E-state index in [4.69, 9.17) is 9.72 Å². The summed E-state index contributed by atoms with van der Waals surface area (Å²) in [6, 6.07) is 6.44. The third-order valence-corrected chi connectivity index (χ3v) is 5.03. The molecule has 1 aliphatic heterocycles. The fraction of sp³-hybridized carbons (Fsp3) is 0.588. The summed E-state index contributed by atoms with van der Waals surface area (Å²) in [5, 5.41) is 2.11. The van der Waals surface area contributed by atoms with Crippen LogP contribution in [0, 0.1) is 0 Å². The zero-order valence-electron chi connectivity index (χ0n) is 13.5. The van der Waals surface area contributed by atoms with Gasteiger partial charge in [0.1, 0.15) is 5.82 Å². The second-order valence-electron chi connectivity index (χ2n) is 6.19. The van der Waals surface area contributed by atoms with Gasteiger partial charge >= 0.3 is 0 Å². The number of nitrogens with zero attached hydrogens (tertiary/aromatic N) is 3. The lowest BCUT2D eigenvalue weighted by atomic mass is 10.1. The molecule has 4 nitrogen and oxygen atoms in total. The van der Waals surface area contributed by atoms with E-state index in [0.29, 0.717) is 6.10 Å². The molecule has 0 atom stereocenters. The Morgan fingerprint density at radius 2 is 2.09 bits per heavy atom. The number of fused-ring (bicyclic) bond motifs is 1. The highest BCUT2D eigenvalue weighted by molar-refractivity contribution is 7.17. The highest BCUT2D eigenvalue weighted by Crippen LogP contribution is 2.25. The van der Waals surface area contributed by atoms with Crippen LogP contribution in [0.2, 0.25) is 0 Å². The molecule has 0 aromatic carbocycles. The minimum Gasteiger partial charge on any atom is -0.378 e. The number of hydrogen-bond donors (Lipinski definition) is 0. The van der Waals surface area contributed by atoms with Crippen molar-refractivity contribution in [3.05, 3.63) is 23.6 Å². The molecule has 0 bridgehead atoms. The van der Waals surface area contributed by atoms with Gasteiger partial charge in [-0.05, 0) is 63.5 Å². The molecule has 5 heteroatoms. The van der Waals surface area contributed by atoms with E-state index in [1.54, 1.807) is 11.3 Å². The largest absolute Gasteiger partial charge is 0.378 e. The summed E-state index contributed by atoms with van der Waals surface area (Å²) in [5.41, 5.74) is 1.12. The van der Waals surface area contributed by atoms with Gasteiger partial charge in [-0.15, -0.1) is 11.3 Å². The first kappa shape index (κ1) is 15.7. The zero-order valence-corrected chi connectivity index (χ0v) is 14.3. The van der Waals surface area contributed by atoms with E-state index >= 15 is 0 Å². The Morgan fingerprint density at radius 3 is 2.86 bits per heavy atom. The molecule has 120 valence electrons. The SMILES string of the molecule is CN(C)CCCOC1CCN(c2ccc3sccc3n2)CC1. The van der Waals surface area contributed by atoms with Crippen molar-refractivity contribution in [3.63, 3.8) is 0 Å². The van der Waals surface area contributed by atoms with Crippen LogP contribution in [0.3, 0.4) is 0 Å². The highest BCUT2D eigenvalue weighted by Gasteiger charge is 2.20. The molecule has 2 aromatic heterocycles. The average Bonchev–Trinajstić information content (AvgIpc) is 2.99. The van der Waals surface area contributed by atoms with Crippen LogP contribution in [0.15, 0.2) is 23.6 Å². The van der Waals surface area contributed by atoms with E-state index in [1.807, 2.05) is 0 Å². The molecule has 1 aliphatic rings. The van der Waals surface area contributed by atoms with Crippen molar-refractivity contribution >= 4 is 27.4 Å². The average molecular weight is 319 g/mol. The predicted octanol–water partition coefficient (Wildman–Crippen LogP) is 3.23. The minimum absolute atomic E-state index is 0.420. The molecule has 0 unspecified atom stereocenters. The van der Waals surface area contributed by atoms with E-state index in [2.05, 4.69) is 47.5 Å². The highest BCUT2D eigenvalue weighted by atomic mass is 32.1. The Kier molecular flexibility index (Phi) is 5.28. The number of thiophene rings is 1. The molecule has 1 saturated heterocycles. The number of aromatic nitrogens is 1. The van der Waals surface area contributed by atoms with E-state index < -0.39 is 0 Å². The van der Waals surface area contributed by atoms with Gasteiger partial charge in [0.2, 0.25) is 0 Å². The first-order valence-electron chi connectivity index (χ1n) is 8.08. The maximum atomic E-state index is 6.00. The van der Waals surface area contributed by atoms with Crippen molar-refractivity contribution in [2.45, 2.75) is 25.4 Å². The number of ether oxygens (including phenoxy) is 1. The van der Waals surface area contributed by atoms with Gasteiger partial charge in [-0.2, -0.15) is 0 Å². The summed E-state index contributed by atoms with van der Waals surface area (Å²) < 4.78 is 7.27. The summed E-state index contributed by atoms with van der Waals surface area (Å²) in [5.74, 6) is 1.11. The van der Waals surface area contributed by atoms with Crippen molar-refractivity contribution in [2.75, 3.05) is 45.2 Å². The maximum absolute atomic E-state index is 6.00. The van der Waals surface area contributed by atoms with Gasteiger partial charge in [0.15, 0.2) is 0 Å². The van der Waals surface area contributed by atoms with E-state index in [0.717, 1.165) is 56.8 Å². The summed E-state index contributed by atoms with van der Waals surface area (Å²) in [4.78, 5) is 9.36. The summed E-state index contributed by atoms with van der Waals surface area (Å²) in [6.07, 6.45) is 3.74. The fourth-order valence-corrected chi connectivity index (χ4v) is 3.63. The van der Waals surface area contributed by atoms with E-state index in [9.17, 15) is 0 Å². The van der Waals surface area contributed by atoms with Gasteiger partial charge in [0.05, 0.1) is 16.3 Å². The molecule has 0 radical (unpaired) electrons. The van der Waals surface area contributed by atoms with Crippen LogP contribution in [0.5, 0.6) is 0 Å². The second kappa shape index (κ2) is 7.40. The lowest BCUT2D eigenvalue weighted by molar-refractivity contribution is 0.0332. The first-order valence-corrected chi connectivity index (χ1v) is 8.96. The topological polar surface area (TPSA) is 28.6 Å². The van der Waals surface area contributed by atoms with Gasteiger partial charge in [-0.3, -0.25) is 0 Å². The van der Waals surface area contributed by atoms with Crippen LogP contribution in [-0.4, -0.2) is 56.3 Å². The van der Waals surface area contributed by atoms with Gasteiger partial charge in [0, 0.05) is 19.7 Å². The van der Waals surface area contributed by atoms with Crippen LogP contribution < -0.4 is 4.90 Å². The summed E-state index contributed by atoms with van der Waals surface area (Å²) in [6.45, 7) is 4.06. The molecular formula is C17H25N3OS. The quantitative estimate of drug-likeness (QED) is 0.764. The van der Waals surface area contributed by atoms with Crippen molar-refractivity contribution in [3.8, 4) is 0 Å². The third-order valence-electron chi connectivity index (χ3n) is 4.16. The van der Waals surface area contributed by atoms with Crippen molar-refractivity contribution in [1.82, 2.24) is 9.88 Å². The number of rotatable bonds is 6. The number of anilines is 1. The predicted molar refractivity (Wildman–Crippen MR) is 94.0 cm³/mol. The standard InChI is InChI=1S/C17H25N3OS/c1-19(2)9-3-12-21-14-6-10-20(11-7-14)17-5-4-16-15(18-17)8-13-22-16/h4-5,8,13-14H,3,6-7,9-12H2,1-2H3. The first-order chi connectivity index (χ1) is 10.7. The normalized spacial score (nSPS) is 16.8. The van der Waals surface area contributed by atoms with Crippen LogP contribution in [0.1, 0.15) is 19.3 Å². The molecular weight excluding hydrogens is 294 g/mol.